The van der Waals surface area contributed by atoms with E-state index in [1.165, 1.54) is 24.3 Å². The molecule has 0 unspecified atom stereocenters. The van der Waals surface area contributed by atoms with Gasteiger partial charge in [-0.3, -0.25) is 14.9 Å². The number of aromatic amines is 1. The van der Waals surface area contributed by atoms with Gasteiger partial charge in [-0.1, -0.05) is 12.1 Å². The molecule has 3 aromatic rings. The van der Waals surface area contributed by atoms with Gasteiger partial charge < -0.3 is 9.88 Å². The summed E-state index contributed by atoms with van der Waals surface area (Å²) in [5.74, 6) is -0.604. The van der Waals surface area contributed by atoms with Gasteiger partial charge in [0.05, 0.1) is 22.7 Å². The fourth-order valence-corrected chi connectivity index (χ4v) is 3.57. The van der Waals surface area contributed by atoms with Crippen LogP contribution in [0.1, 0.15) is 28.1 Å². The van der Waals surface area contributed by atoms with Gasteiger partial charge in [0.1, 0.15) is 5.82 Å². The molecule has 0 spiro atoms. The normalized spacial score (nSPS) is 14.5. The Morgan fingerprint density at radius 2 is 1.86 bits per heavy atom. The summed E-state index contributed by atoms with van der Waals surface area (Å²) in [6.07, 6.45) is 1.73. The third kappa shape index (κ3) is 3.42. The zero-order valence-corrected chi connectivity index (χ0v) is 15.9. The second-order valence-corrected chi connectivity index (χ2v) is 7.08. The topological polar surface area (TPSA) is 79.2 Å². The van der Waals surface area contributed by atoms with Crippen molar-refractivity contribution in [3.8, 4) is 0 Å². The fourth-order valence-electron chi connectivity index (χ4n) is 3.57. The van der Waals surface area contributed by atoms with Crippen molar-refractivity contribution in [3.05, 3.63) is 92.5 Å². The van der Waals surface area contributed by atoms with E-state index in [9.17, 15) is 19.3 Å². The number of hydrogen-bond acceptors (Lipinski definition) is 3. The SMILES string of the molecule is Cc1cc(C)c(C=C2C(=O)N(Cc3ccc(F)cc3)c3ccc([N+](=O)[O-])cc32)[nH]1. The molecule has 2 aromatic carbocycles. The fraction of sp³-hybridized carbons (Fsp3) is 0.136. The van der Waals surface area contributed by atoms with Gasteiger partial charge in [-0.05, 0) is 55.3 Å². The van der Waals surface area contributed by atoms with Gasteiger partial charge in [-0.15, -0.1) is 0 Å². The van der Waals surface area contributed by atoms with Gasteiger partial charge in [0.25, 0.3) is 11.6 Å². The van der Waals surface area contributed by atoms with Crippen molar-refractivity contribution in [1.29, 1.82) is 0 Å². The molecule has 0 bridgehead atoms. The van der Waals surface area contributed by atoms with Crippen molar-refractivity contribution in [3.63, 3.8) is 0 Å². The monoisotopic (exact) mass is 391 g/mol. The molecular formula is C22H18FN3O3. The predicted molar refractivity (Wildman–Crippen MR) is 109 cm³/mol. The van der Waals surface area contributed by atoms with Crippen LogP contribution < -0.4 is 4.90 Å². The number of nitrogens with one attached hydrogen (secondary N) is 1. The van der Waals surface area contributed by atoms with Gasteiger partial charge >= 0.3 is 0 Å². The van der Waals surface area contributed by atoms with E-state index >= 15 is 0 Å². The molecule has 146 valence electrons. The first-order valence-corrected chi connectivity index (χ1v) is 9.06. The third-order valence-electron chi connectivity index (χ3n) is 4.98. The third-order valence-corrected chi connectivity index (χ3v) is 4.98. The lowest BCUT2D eigenvalue weighted by Gasteiger charge is -2.17. The average Bonchev–Trinajstić information content (AvgIpc) is 3.14. The number of aromatic nitrogens is 1. The lowest BCUT2D eigenvalue weighted by molar-refractivity contribution is -0.384. The molecule has 1 aromatic heterocycles. The summed E-state index contributed by atoms with van der Waals surface area (Å²) in [6, 6.07) is 12.3. The Labute approximate surface area is 166 Å². The smallest absolute Gasteiger partial charge is 0.270 e. The van der Waals surface area contributed by atoms with Gasteiger partial charge in [0.15, 0.2) is 0 Å². The van der Waals surface area contributed by atoms with Crippen LogP contribution in [0.2, 0.25) is 0 Å². The number of hydrogen-bond donors (Lipinski definition) is 1. The summed E-state index contributed by atoms with van der Waals surface area (Å²) >= 11 is 0. The number of carbonyl (C=O) groups is 1. The molecule has 2 heterocycles. The molecule has 0 aliphatic carbocycles. The van der Waals surface area contributed by atoms with Crippen LogP contribution >= 0.6 is 0 Å². The second kappa shape index (κ2) is 7.01. The highest BCUT2D eigenvalue weighted by Gasteiger charge is 2.34. The first-order chi connectivity index (χ1) is 13.8. The van der Waals surface area contributed by atoms with Crippen LogP contribution in [0, 0.1) is 29.8 Å². The quantitative estimate of drug-likeness (QED) is 0.395. The molecule has 0 atom stereocenters. The summed E-state index contributed by atoms with van der Waals surface area (Å²) in [7, 11) is 0. The number of H-pyrrole nitrogens is 1. The van der Waals surface area contributed by atoms with E-state index in [2.05, 4.69) is 4.98 Å². The number of anilines is 1. The van der Waals surface area contributed by atoms with E-state index in [1.54, 1.807) is 29.2 Å². The number of benzene rings is 2. The van der Waals surface area contributed by atoms with Crippen LogP contribution in [-0.4, -0.2) is 15.8 Å². The highest BCUT2D eigenvalue weighted by Crippen LogP contribution is 2.40. The van der Waals surface area contributed by atoms with Crippen molar-refractivity contribution >= 4 is 28.9 Å². The molecular weight excluding hydrogens is 373 g/mol. The van der Waals surface area contributed by atoms with Crippen LogP contribution in [0.3, 0.4) is 0 Å². The molecule has 1 aliphatic rings. The van der Waals surface area contributed by atoms with E-state index in [0.717, 1.165) is 22.5 Å². The second-order valence-electron chi connectivity index (χ2n) is 7.08. The van der Waals surface area contributed by atoms with Crippen LogP contribution in [0.4, 0.5) is 15.8 Å². The highest BCUT2D eigenvalue weighted by molar-refractivity contribution is 6.35. The Bertz CT molecular complexity index is 1160. The van der Waals surface area contributed by atoms with Crippen molar-refractivity contribution in [2.45, 2.75) is 20.4 Å². The molecule has 1 aliphatic heterocycles. The van der Waals surface area contributed by atoms with E-state index in [0.29, 0.717) is 16.8 Å². The standard InChI is InChI=1S/C22H18FN3O3/c1-13-9-14(2)24-20(13)11-19-18-10-17(26(28)29)7-8-21(18)25(22(19)27)12-15-3-5-16(23)6-4-15/h3-11,24H,12H2,1-2H3. The summed E-state index contributed by atoms with van der Waals surface area (Å²) in [4.78, 5) is 28.8. The predicted octanol–water partition coefficient (Wildman–Crippen LogP) is 4.77. The molecule has 1 amide bonds. The zero-order chi connectivity index (χ0) is 20.7. The van der Waals surface area contributed by atoms with Crippen molar-refractivity contribution in [2.75, 3.05) is 4.90 Å². The molecule has 1 N–H and O–H groups in total. The molecule has 0 fully saturated rings. The van der Waals surface area contributed by atoms with E-state index in [4.69, 9.17) is 0 Å². The van der Waals surface area contributed by atoms with Crippen LogP contribution in [0.15, 0.2) is 48.5 Å². The minimum absolute atomic E-state index is 0.0783. The van der Waals surface area contributed by atoms with Crippen molar-refractivity contribution in [1.82, 2.24) is 4.98 Å². The molecule has 7 heteroatoms. The Balaban J connectivity index is 1.82. The summed E-state index contributed by atoms with van der Waals surface area (Å²) in [5.41, 5.74) is 4.90. The average molecular weight is 391 g/mol. The number of nitro benzene ring substituents is 1. The van der Waals surface area contributed by atoms with E-state index in [1.807, 2.05) is 19.9 Å². The van der Waals surface area contributed by atoms with Gasteiger partial charge in [-0.2, -0.15) is 0 Å². The minimum atomic E-state index is -0.477. The maximum Gasteiger partial charge on any atom is 0.270 e. The number of halogens is 1. The Morgan fingerprint density at radius 3 is 2.48 bits per heavy atom. The largest absolute Gasteiger partial charge is 0.359 e. The molecule has 0 saturated heterocycles. The Morgan fingerprint density at radius 1 is 1.14 bits per heavy atom. The molecule has 0 radical (unpaired) electrons. The molecule has 4 rings (SSSR count). The number of nitro groups is 1. The number of aryl methyl sites for hydroxylation is 2. The number of rotatable bonds is 4. The number of non-ortho nitro benzene ring substituents is 1. The van der Waals surface area contributed by atoms with Crippen LogP contribution in [0.5, 0.6) is 0 Å². The lowest BCUT2D eigenvalue weighted by atomic mass is 10.0. The van der Waals surface area contributed by atoms with Gasteiger partial charge in [0.2, 0.25) is 0 Å². The maximum atomic E-state index is 13.2. The number of fused-ring (bicyclic) bond motifs is 1. The summed E-state index contributed by atoms with van der Waals surface area (Å²) in [6.45, 7) is 4.09. The minimum Gasteiger partial charge on any atom is -0.359 e. The van der Waals surface area contributed by atoms with Crippen molar-refractivity contribution in [2.24, 2.45) is 0 Å². The Kier molecular flexibility index (Phi) is 4.50. The van der Waals surface area contributed by atoms with Crippen LogP contribution in [-0.2, 0) is 11.3 Å². The lowest BCUT2D eigenvalue weighted by Crippen LogP contribution is -2.25. The molecule has 29 heavy (non-hydrogen) atoms. The zero-order valence-electron chi connectivity index (χ0n) is 15.9. The Hall–Kier alpha value is -3.74. The summed E-state index contributed by atoms with van der Waals surface area (Å²) in [5, 5.41) is 11.3. The molecule has 6 nitrogen and oxygen atoms in total. The first-order valence-electron chi connectivity index (χ1n) is 9.06. The highest BCUT2D eigenvalue weighted by atomic mass is 19.1. The van der Waals surface area contributed by atoms with Gasteiger partial charge in [-0.25, -0.2) is 4.39 Å². The number of carbonyl (C=O) groups excluding carboxylic acids is 1. The first kappa shape index (κ1) is 18.6. The molecule has 0 saturated carbocycles. The van der Waals surface area contributed by atoms with Crippen molar-refractivity contribution < 1.29 is 14.1 Å². The van der Waals surface area contributed by atoms with E-state index in [-0.39, 0.29) is 24.0 Å². The number of amides is 1. The summed E-state index contributed by atoms with van der Waals surface area (Å²) < 4.78 is 13.2. The number of nitrogens with zero attached hydrogens (tertiary/aromatic N) is 2. The maximum absolute atomic E-state index is 13.2. The van der Waals surface area contributed by atoms with E-state index < -0.39 is 4.92 Å². The van der Waals surface area contributed by atoms with Gasteiger partial charge in [0, 0.05) is 29.1 Å². The van der Waals surface area contributed by atoms with Crippen LogP contribution in [0.25, 0.3) is 11.6 Å².